The molecule has 0 saturated carbocycles. The molecule has 82 valence electrons. The molecule has 1 aromatic rings. The fourth-order valence-electron chi connectivity index (χ4n) is 1.95. The van der Waals surface area contributed by atoms with E-state index in [-0.39, 0.29) is 0 Å². The molecule has 1 heterocycles. The van der Waals surface area contributed by atoms with Crippen LogP contribution in [0, 0.1) is 0 Å². The van der Waals surface area contributed by atoms with Gasteiger partial charge in [0.2, 0.25) is 0 Å². The van der Waals surface area contributed by atoms with Gasteiger partial charge in [-0.05, 0) is 30.5 Å². The summed E-state index contributed by atoms with van der Waals surface area (Å²) in [6.07, 6.45) is 2.51. The minimum Gasteiger partial charge on any atom is -0.370 e. The first-order valence-electron chi connectivity index (χ1n) is 5.16. The van der Waals surface area contributed by atoms with Gasteiger partial charge < -0.3 is 4.90 Å². The third kappa shape index (κ3) is 2.43. The zero-order valence-corrected chi connectivity index (χ0v) is 9.33. The molecule has 0 unspecified atom stereocenters. The van der Waals surface area contributed by atoms with Crippen LogP contribution < -0.4 is 10.8 Å². The number of nitrogens with zero attached hydrogens (tertiary/aromatic N) is 1. The third-order valence-electron chi connectivity index (χ3n) is 2.71. The molecular formula is C11H15ClN2O. The van der Waals surface area contributed by atoms with E-state index in [2.05, 4.69) is 9.74 Å². The second kappa shape index (κ2) is 4.84. The van der Waals surface area contributed by atoms with Crippen molar-refractivity contribution in [2.24, 2.45) is 5.90 Å². The first-order chi connectivity index (χ1) is 7.31. The SMILES string of the molecule is NOCc1ccc(N2CCCC2)c(Cl)c1. The summed E-state index contributed by atoms with van der Waals surface area (Å²) >= 11 is 6.21. The summed E-state index contributed by atoms with van der Waals surface area (Å²) in [5.41, 5.74) is 2.13. The van der Waals surface area contributed by atoms with Gasteiger partial charge in [0.25, 0.3) is 0 Å². The lowest BCUT2D eigenvalue weighted by atomic mass is 10.2. The van der Waals surface area contributed by atoms with Crippen molar-refractivity contribution >= 4 is 17.3 Å². The highest BCUT2D eigenvalue weighted by atomic mass is 35.5. The quantitative estimate of drug-likeness (QED) is 0.804. The van der Waals surface area contributed by atoms with Crippen LogP contribution in [-0.4, -0.2) is 13.1 Å². The lowest BCUT2D eigenvalue weighted by Gasteiger charge is -2.19. The molecule has 15 heavy (non-hydrogen) atoms. The smallest absolute Gasteiger partial charge is 0.0930 e. The molecule has 1 aromatic carbocycles. The Bertz CT molecular complexity index is 337. The predicted molar refractivity (Wildman–Crippen MR) is 61.9 cm³/mol. The maximum atomic E-state index is 6.21. The Hall–Kier alpha value is -0.770. The fraction of sp³-hybridized carbons (Fsp3) is 0.455. The Kier molecular flexibility index (Phi) is 3.46. The van der Waals surface area contributed by atoms with Crippen molar-refractivity contribution in [2.45, 2.75) is 19.4 Å². The Morgan fingerprint density at radius 1 is 1.33 bits per heavy atom. The average molecular weight is 227 g/mol. The van der Waals surface area contributed by atoms with Crippen LogP contribution in [0.2, 0.25) is 5.02 Å². The van der Waals surface area contributed by atoms with Gasteiger partial charge in [-0.3, -0.25) is 4.84 Å². The monoisotopic (exact) mass is 226 g/mol. The third-order valence-corrected chi connectivity index (χ3v) is 3.01. The van der Waals surface area contributed by atoms with Crippen LogP contribution in [0.4, 0.5) is 5.69 Å². The van der Waals surface area contributed by atoms with Crippen LogP contribution in [0.3, 0.4) is 0 Å². The maximum absolute atomic E-state index is 6.21. The predicted octanol–water partition coefficient (Wildman–Crippen LogP) is 2.33. The number of benzene rings is 1. The van der Waals surface area contributed by atoms with Gasteiger partial charge in [0.1, 0.15) is 0 Å². The van der Waals surface area contributed by atoms with Crippen LogP contribution >= 0.6 is 11.6 Å². The number of nitrogens with two attached hydrogens (primary N) is 1. The van der Waals surface area contributed by atoms with E-state index in [0.29, 0.717) is 6.61 Å². The van der Waals surface area contributed by atoms with E-state index in [1.165, 1.54) is 12.8 Å². The zero-order chi connectivity index (χ0) is 10.7. The summed E-state index contributed by atoms with van der Waals surface area (Å²) in [6, 6.07) is 5.97. The molecule has 2 N–H and O–H groups in total. The topological polar surface area (TPSA) is 38.5 Å². The van der Waals surface area contributed by atoms with E-state index >= 15 is 0 Å². The highest BCUT2D eigenvalue weighted by Crippen LogP contribution is 2.29. The van der Waals surface area contributed by atoms with Gasteiger partial charge >= 0.3 is 0 Å². The summed E-state index contributed by atoms with van der Waals surface area (Å²) in [7, 11) is 0. The van der Waals surface area contributed by atoms with Crippen molar-refractivity contribution in [3.63, 3.8) is 0 Å². The standard InChI is InChI=1S/C11H15ClN2O/c12-10-7-9(8-15-13)3-4-11(10)14-5-1-2-6-14/h3-4,7H,1-2,5-6,8,13H2. The molecule has 1 saturated heterocycles. The highest BCUT2D eigenvalue weighted by Gasteiger charge is 2.14. The highest BCUT2D eigenvalue weighted by molar-refractivity contribution is 6.33. The van der Waals surface area contributed by atoms with E-state index < -0.39 is 0 Å². The van der Waals surface area contributed by atoms with E-state index in [9.17, 15) is 0 Å². The molecule has 1 fully saturated rings. The summed E-state index contributed by atoms with van der Waals surface area (Å²) in [6.45, 7) is 2.61. The second-order valence-corrected chi connectivity index (χ2v) is 4.20. The molecule has 3 nitrogen and oxygen atoms in total. The summed E-state index contributed by atoms with van der Waals surface area (Å²) in [4.78, 5) is 6.89. The number of halogens is 1. The largest absolute Gasteiger partial charge is 0.370 e. The van der Waals surface area contributed by atoms with Crippen LogP contribution in [-0.2, 0) is 11.4 Å². The van der Waals surface area contributed by atoms with Crippen molar-refractivity contribution in [1.29, 1.82) is 0 Å². The van der Waals surface area contributed by atoms with Gasteiger partial charge in [0, 0.05) is 13.1 Å². The summed E-state index contributed by atoms with van der Waals surface area (Å²) in [5, 5.41) is 0.784. The Morgan fingerprint density at radius 3 is 2.67 bits per heavy atom. The molecular weight excluding hydrogens is 212 g/mol. The van der Waals surface area contributed by atoms with Crippen LogP contribution in [0.25, 0.3) is 0 Å². The molecule has 0 aromatic heterocycles. The summed E-state index contributed by atoms with van der Waals surface area (Å²) < 4.78 is 0. The van der Waals surface area contributed by atoms with Gasteiger partial charge in [-0.25, -0.2) is 5.90 Å². The number of hydrogen-bond acceptors (Lipinski definition) is 3. The molecule has 0 spiro atoms. The molecule has 0 aliphatic carbocycles. The number of anilines is 1. The lowest BCUT2D eigenvalue weighted by molar-refractivity contribution is 0.124. The lowest BCUT2D eigenvalue weighted by Crippen LogP contribution is -2.18. The molecule has 0 amide bonds. The molecule has 4 heteroatoms. The first kappa shape index (κ1) is 10.7. The van der Waals surface area contributed by atoms with Crippen molar-refractivity contribution in [1.82, 2.24) is 0 Å². The Morgan fingerprint density at radius 2 is 2.07 bits per heavy atom. The zero-order valence-electron chi connectivity index (χ0n) is 8.58. The van der Waals surface area contributed by atoms with Crippen molar-refractivity contribution in [3.05, 3.63) is 28.8 Å². The maximum Gasteiger partial charge on any atom is 0.0930 e. The van der Waals surface area contributed by atoms with E-state index in [4.69, 9.17) is 17.5 Å². The van der Waals surface area contributed by atoms with Gasteiger partial charge in [-0.2, -0.15) is 0 Å². The van der Waals surface area contributed by atoms with Crippen LogP contribution in [0.1, 0.15) is 18.4 Å². The molecule has 1 aliphatic rings. The number of hydrogen-bond donors (Lipinski definition) is 1. The Labute approximate surface area is 94.7 Å². The molecule has 0 radical (unpaired) electrons. The number of rotatable bonds is 3. The normalized spacial score (nSPS) is 16.0. The summed E-state index contributed by atoms with van der Waals surface area (Å²) in [5.74, 6) is 5.02. The molecule has 0 atom stereocenters. The van der Waals surface area contributed by atoms with Gasteiger partial charge in [0.05, 0.1) is 17.3 Å². The van der Waals surface area contributed by atoms with Gasteiger partial charge in [0.15, 0.2) is 0 Å². The van der Waals surface area contributed by atoms with Crippen molar-refractivity contribution in [2.75, 3.05) is 18.0 Å². The van der Waals surface area contributed by atoms with Gasteiger partial charge in [-0.1, -0.05) is 17.7 Å². The molecule has 0 bridgehead atoms. The Balaban J connectivity index is 2.18. The van der Waals surface area contributed by atoms with Crippen LogP contribution in [0.5, 0.6) is 0 Å². The van der Waals surface area contributed by atoms with Crippen LogP contribution in [0.15, 0.2) is 18.2 Å². The van der Waals surface area contributed by atoms with Crippen molar-refractivity contribution < 1.29 is 4.84 Å². The van der Waals surface area contributed by atoms with Gasteiger partial charge in [-0.15, -0.1) is 0 Å². The first-order valence-corrected chi connectivity index (χ1v) is 5.54. The molecule has 1 aliphatic heterocycles. The average Bonchev–Trinajstić information content (AvgIpc) is 2.71. The van der Waals surface area contributed by atoms with E-state index in [1.807, 2.05) is 18.2 Å². The molecule has 2 rings (SSSR count). The minimum atomic E-state index is 0.403. The van der Waals surface area contributed by atoms with E-state index in [1.54, 1.807) is 0 Å². The second-order valence-electron chi connectivity index (χ2n) is 3.79. The van der Waals surface area contributed by atoms with E-state index in [0.717, 1.165) is 29.4 Å². The fourth-order valence-corrected chi connectivity index (χ4v) is 2.27. The van der Waals surface area contributed by atoms with Crippen molar-refractivity contribution in [3.8, 4) is 0 Å². The minimum absolute atomic E-state index is 0.403.